The average molecular weight is 248 g/mol. The van der Waals surface area contributed by atoms with Crippen LogP contribution < -0.4 is 10.6 Å². The maximum absolute atomic E-state index is 5.89. The highest BCUT2D eigenvalue weighted by molar-refractivity contribution is 7.17. The second-order valence-electron chi connectivity index (χ2n) is 4.59. The second kappa shape index (κ2) is 4.23. The third-order valence-corrected chi connectivity index (χ3v) is 4.52. The number of rotatable bonds is 2. The molecule has 0 bridgehead atoms. The summed E-state index contributed by atoms with van der Waals surface area (Å²) in [4.78, 5) is 11.1. The Kier molecular flexibility index (Phi) is 2.72. The van der Waals surface area contributed by atoms with E-state index >= 15 is 0 Å². The van der Waals surface area contributed by atoms with Crippen LogP contribution in [0.1, 0.15) is 13.3 Å². The topological polar surface area (TPSA) is 55.0 Å². The number of hydrogen-bond acceptors (Lipinski definition) is 5. The van der Waals surface area contributed by atoms with Crippen molar-refractivity contribution < 1.29 is 0 Å². The van der Waals surface area contributed by atoms with Crippen LogP contribution in [0.25, 0.3) is 10.2 Å². The van der Waals surface area contributed by atoms with E-state index in [-0.39, 0.29) is 0 Å². The molecule has 0 saturated carbocycles. The van der Waals surface area contributed by atoms with Gasteiger partial charge in [0, 0.05) is 19.1 Å². The van der Waals surface area contributed by atoms with Crippen LogP contribution in [0.3, 0.4) is 0 Å². The SMILES string of the molecule is CC1CCN(c2ncnc3ccsc23)C1CN. The summed E-state index contributed by atoms with van der Waals surface area (Å²) < 4.78 is 1.18. The van der Waals surface area contributed by atoms with Gasteiger partial charge in [-0.1, -0.05) is 6.92 Å². The van der Waals surface area contributed by atoms with E-state index in [2.05, 4.69) is 27.2 Å². The van der Waals surface area contributed by atoms with E-state index in [1.807, 2.05) is 6.07 Å². The molecule has 17 heavy (non-hydrogen) atoms. The lowest BCUT2D eigenvalue weighted by Gasteiger charge is -2.26. The summed E-state index contributed by atoms with van der Waals surface area (Å²) in [7, 11) is 0. The molecule has 3 rings (SSSR count). The Bertz CT molecular complexity index is 524. The lowest BCUT2D eigenvalue weighted by Crippen LogP contribution is -2.38. The Hall–Kier alpha value is -1.20. The fourth-order valence-electron chi connectivity index (χ4n) is 2.61. The third-order valence-electron chi connectivity index (χ3n) is 3.62. The van der Waals surface area contributed by atoms with Crippen LogP contribution in [0.2, 0.25) is 0 Å². The van der Waals surface area contributed by atoms with Gasteiger partial charge in [0.2, 0.25) is 0 Å². The van der Waals surface area contributed by atoms with E-state index in [9.17, 15) is 0 Å². The van der Waals surface area contributed by atoms with Crippen LogP contribution in [0, 0.1) is 5.92 Å². The Morgan fingerprint density at radius 2 is 2.41 bits per heavy atom. The Balaban J connectivity index is 2.06. The van der Waals surface area contributed by atoms with Crippen LogP contribution in [-0.4, -0.2) is 29.1 Å². The first-order valence-corrected chi connectivity index (χ1v) is 6.84. The second-order valence-corrected chi connectivity index (χ2v) is 5.51. The summed E-state index contributed by atoms with van der Waals surface area (Å²) in [5, 5.41) is 2.07. The molecule has 1 aliphatic heterocycles. The van der Waals surface area contributed by atoms with Gasteiger partial charge in [0.1, 0.15) is 12.1 Å². The summed E-state index contributed by atoms with van der Waals surface area (Å²) in [6, 6.07) is 2.46. The molecule has 0 radical (unpaired) electrons. The number of thiophene rings is 1. The van der Waals surface area contributed by atoms with Gasteiger partial charge < -0.3 is 10.6 Å². The summed E-state index contributed by atoms with van der Waals surface area (Å²) in [5.74, 6) is 1.70. The first kappa shape index (κ1) is 10.9. The average Bonchev–Trinajstić information content (AvgIpc) is 2.94. The molecule has 4 nitrogen and oxygen atoms in total. The van der Waals surface area contributed by atoms with Crippen molar-refractivity contribution in [2.45, 2.75) is 19.4 Å². The molecule has 2 unspecified atom stereocenters. The van der Waals surface area contributed by atoms with Gasteiger partial charge >= 0.3 is 0 Å². The minimum absolute atomic E-state index is 0.412. The smallest absolute Gasteiger partial charge is 0.150 e. The van der Waals surface area contributed by atoms with Crippen molar-refractivity contribution in [1.29, 1.82) is 0 Å². The van der Waals surface area contributed by atoms with Crippen molar-refractivity contribution in [2.24, 2.45) is 11.7 Å². The lowest BCUT2D eigenvalue weighted by molar-refractivity contribution is 0.518. The monoisotopic (exact) mass is 248 g/mol. The van der Waals surface area contributed by atoms with Crippen molar-refractivity contribution in [3.8, 4) is 0 Å². The van der Waals surface area contributed by atoms with E-state index in [1.165, 1.54) is 11.1 Å². The number of nitrogens with zero attached hydrogens (tertiary/aromatic N) is 3. The van der Waals surface area contributed by atoms with Crippen LogP contribution >= 0.6 is 11.3 Å². The molecule has 0 spiro atoms. The van der Waals surface area contributed by atoms with Crippen molar-refractivity contribution in [3.63, 3.8) is 0 Å². The highest BCUT2D eigenvalue weighted by Gasteiger charge is 2.31. The number of fused-ring (bicyclic) bond motifs is 1. The van der Waals surface area contributed by atoms with Crippen LogP contribution in [0.5, 0.6) is 0 Å². The van der Waals surface area contributed by atoms with E-state index in [1.54, 1.807) is 17.7 Å². The van der Waals surface area contributed by atoms with Gasteiger partial charge in [-0.05, 0) is 23.8 Å². The number of aromatic nitrogens is 2. The van der Waals surface area contributed by atoms with Gasteiger partial charge in [-0.25, -0.2) is 9.97 Å². The van der Waals surface area contributed by atoms with Gasteiger partial charge in [0.05, 0.1) is 10.2 Å². The zero-order valence-electron chi connectivity index (χ0n) is 9.84. The molecule has 2 aromatic rings. The highest BCUT2D eigenvalue weighted by atomic mass is 32.1. The van der Waals surface area contributed by atoms with Crippen LogP contribution in [0.4, 0.5) is 5.82 Å². The van der Waals surface area contributed by atoms with Gasteiger partial charge in [-0.2, -0.15) is 0 Å². The van der Waals surface area contributed by atoms with Gasteiger partial charge in [0.25, 0.3) is 0 Å². The molecule has 0 aliphatic carbocycles. The highest BCUT2D eigenvalue weighted by Crippen LogP contribution is 2.34. The molecule has 0 aromatic carbocycles. The quantitative estimate of drug-likeness (QED) is 0.881. The minimum Gasteiger partial charge on any atom is -0.351 e. The van der Waals surface area contributed by atoms with Gasteiger partial charge in [-0.3, -0.25) is 0 Å². The molecule has 90 valence electrons. The fraction of sp³-hybridized carbons (Fsp3) is 0.500. The molecule has 2 aromatic heterocycles. The first-order valence-electron chi connectivity index (χ1n) is 5.96. The van der Waals surface area contributed by atoms with Crippen molar-refractivity contribution in [1.82, 2.24) is 9.97 Å². The normalized spacial score (nSPS) is 24.7. The van der Waals surface area contributed by atoms with Gasteiger partial charge in [-0.15, -0.1) is 11.3 Å². The molecule has 1 aliphatic rings. The van der Waals surface area contributed by atoms with Crippen molar-refractivity contribution in [3.05, 3.63) is 17.8 Å². The Morgan fingerprint density at radius 1 is 1.53 bits per heavy atom. The molecule has 1 fully saturated rings. The standard InChI is InChI=1S/C12H16N4S/c1-8-2-4-16(10(8)6-13)12-11-9(3-5-17-11)14-7-15-12/h3,5,7-8,10H,2,4,6,13H2,1H3. The molecule has 3 heterocycles. The lowest BCUT2D eigenvalue weighted by atomic mass is 10.0. The predicted octanol–water partition coefficient (Wildman–Crippen LogP) is 1.86. The third kappa shape index (κ3) is 1.70. The van der Waals surface area contributed by atoms with Crippen molar-refractivity contribution in [2.75, 3.05) is 18.0 Å². The van der Waals surface area contributed by atoms with E-state index < -0.39 is 0 Å². The van der Waals surface area contributed by atoms with Crippen molar-refractivity contribution >= 4 is 27.4 Å². The molecule has 2 N–H and O–H groups in total. The summed E-state index contributed by atoms with van der Waals surface area (Å²) in [5.41, 5.74) is 6.93. The number of hydrogen-bond donors (Lipinski definition) is 1. The van der Waals surface area contributed by atoms with Gasteiger partial charge in [0.15, 0.2) is 0 Å². The summed E-state index contributed by atoms with van der Waals surface area (Å²) in [6.45, 7) is 4.01. The first-order chi connectivity index (χ1) is 8.31. The number of nitrogens with two attached hydrogens (primary N) is 1. The summed E-state index contributed by atoms with van der Waals surface area (Å²) in [6.07, 6.45) is 2.85. The molecule has 1 saturated heterocycles. The summed E-state index contributed by atoms with van der Waals surface area (Å²) >= 11 is 1.71. The van der Waals surface area contributed by atoms with Crippen LogP contribution in [-0.2, 0) is 0 Å². The molecule has 2 atom stereocenters. The number of anilines is 1. The Labute approximate surface area is 104 Å². The minimum atomic E-state index is 0.412. The van der Waals surface area contributed by atoms with E-state index in [4.69, 9.17) is 5.73 Å². The zero-order chi connectivity index (χ0) is 11.8. The predicted molar refractivity (Wildman–Crippen MR) is 71.4 cm³/mol. The molecule has 0 amide bonds. The van der Waals surface area contributed by atoms with E-state index in [0.29, 0.717) is 18.5 Å². The Morgan fingerprint density at radius 3 is 3.24 bits per heavy atom. The fourth-order valence-corrected chi connectivity index (χ4v) is 3.46. The maximum atomic E-state index is 5.89. The van der Waals surface area contributed by atoms with Crippen LogP contribution in [0.15, 0.2) is 17.8 Å². The largest absolute Gasteiger partial charge is 0.351 e. The molecule has 5 heteroatoms. The molecular weight excluding hydrogens is 232 g/mol. The van der Waals surface area contributed by atoms with E-state index in [0.717, 1.165) is 17.9 Å². The molecular formula is C12H16N4S. The maximum Gasteiger partial charge on any atom is 0.150 e. The zero-order valence-corrected chi connectivity index (χ0v) is 10.7.